The molecule has 1 heterocycles. The number of nitrogens with zero attached hydrogens (tertiary/aromatic N) is 1. The Morgan fingerprint density at radius 3 is 2.72 bits per heavy atom. The van der Waals surface area contributed by atoms with Crippen LogP contribution in [0.15, 0.2) is 30.5 Å². The van der Waals surface area contributed by atoms with Crippen molar-refractivity contribution in [2.45, 2.75) is 6.42 Å². The summed E-state index contributed by atoms with van der Waals surface area (Å²) in [5.74, 6) is -0.450. The second kappa shape index (κ2) is 5.59. The van der Waals surface area contributed by atoms with Crippen LogP contribution in [-0.4, -0.2) is 17.4 Å². The summed E-state index contributed by atoms with van der Waals surface area (Å²) in [6.07, 6.45) is 2.10. The zero-order valence-electron chi connectivity index (χ0n) is 9.52. The average molecular weight is 265 g/mol. The first-order chi connectivity index (χ1) is 8.65. The number of carbonyl (C=O) groups is 1. The van der Waals surface area contributed by atoms with Crippen LogP contribution in [-0.2, 0) is 6.42 Å². The molecule has 0 atom stereocenters. The lowest BCUT2D eigenvalue weighted by molar-refractivity contribution is 0.0958. The summed E-state index contributed by atoms with van der Waals surface area (Å²) in [7, 11) is 0. The molecule has 0 bridgehead atoms. The summed E-state index contributed by atoms with van der Waals surface area (Å²) >= 11 is 1.15. The summed E-state index contributed by atoms with van der Waals surface area (Å²) in [6.45, 7) is 0.488. The number of amides is 1. The zero-order valence-corrected chi connectivity index (χ0v) is 10.3. The van der Waals surface area contributed by atoms with E-state index in [1.54, 1.807) is 12.1 Å². The molecule has 18 heavy (non-hydrogen) atoms. The highest BCUT2D eigenvalue weighted by molar-refractivity contribution is 7.17. The third-order valence-electron chi connectivity index (χ3n) is 2.36. The van der Waals surface area contributed by atoms with Crippen molar-refractivity contribution < 1.29 is 9.18 Å². The highest BCUT2D eigenvalue weighted by Crippen LogP contribution is 2.13. The number of rotatable bonds is 4. The van der Waals surface area contributed by atoms with Crippen molar-refractivity contribution in [3.8, 4) is 0 Å². The van der Waals surface area contributed by atoms with E-state index in [9.17, 15) is 9.18 Å². The Morgan fingerprint density at radius 1 is 1.39 bits per heavy atom. The van der Waals surface area contributed by atoms with Crippen LogP contribution in [0.2, 0.25) is 0 Å². The summed E-state index contributed by atoms with van der Waals surface area (Å²) in [6, 6.07) is 6.21. The molecule has 3 N–H and O–H groups in total. The van der Waals surface area contributed by atoms with E-state index in [1.165, 1.54) is 18.3 Å². The van der Waals surface area contributed by atoms with Crippen LogP contribution in [0.1, 0.15) is 15.2 Å². The van der Waals surface area contributed by atoms with Crippen molar-refractivity contribution in [2.75, 3.05) is 12.3 Å². The minimum absolute atomic E-state index is 0.189. The van der Waals surface area contributed by atoms with Crippen molar-refractivity contribution in [3.63, 3.8) is 0 Å². The molecule has 0 aliphatic heterocycles. The number of carbonyl (C=O) groups excluding carboxylic acids is 1. The summed E-state index contributed by atoms with van der Waals surface area (Å²) in [4.78, 5) is 15.9. The lowest BCUT2D eigenvalue weighted by Gasteiger charge is -2.03. The van der Waals surface area contributed by atoms with Crippen molar-refractivity contribution in [3.05, 3.63) is 46.7 Å². The van der Waals surface area contributed by atoms with Crippen LogP contribution < -0.4 is 11.1 Å². The smallest absolute Gasteiger partial charge is 0.263 e. The van der Waals surface area contributed by atoms with Gasteiger partial charge in [-0.05, 0) is 24.1 Å². The number of nitrogens with two attached hydrogens (primary N) is 1. The van der Waals surface area contributed by atoms with Gasteiger partial charge in [0.2, 0.25) is 0 Å². The molecule has 1 amide bonds. The number of thiazole rings is 1. The van der Waals surface area contributed by atoms with E-state index in [1.807, 2.05) is 0 Å². The molecule has 0 aliphatic rings. The van der Waals surface area contributed by atoms with Gasteiger partial charge >= 0.3 is 0 Å². The Labute approximate surface area is 108 Å². The minimum atomic E-state index is -0.261. The average Bonchev–Trinajstić information content (AvgIpc) is 2.78. The standard InChI is InChI=1S/C12H12FN3OS/c13-9-3-1-8(2-4-9)5-6-15-11(17)10-7-16-12(14)18-10/h1-4,7H,5-6H2,(H2,14,16)(H,15,17). The molecule has 0 saturated carbocycles. The monoisotopic (exact) mass is 265 g/mol. The van der Waals surface area contributed by atoms with E-state index in [0.717, 1.165) is 16.9 Å². The molecule has 2 aromatic rings. The summed E-state index contributed by atoms with van der Waals surface area (Å²) < 4.78 is 12.7. The van der Waals surface area contributed by atoms with Gasteiger partial charge < -0.3 is 11.1 Å². The lowest BCUT2D eigenvalue weighted by Crippen LogP contribution is -2.24. The zero-order chi connectivity index (χ0) is 13.0. The Hall–Kier alpha value is -1.95. The first-order valence-electron chi connectivity index (χ1n) is 5.39. The van der Waals surface area contributed by atoms with Gasteiger partial charge in [-0.25, -0.2) is 9.37 Å². The highest BCUT2D eigenvalue weighted by atomic mass is 32.1. The molecule has 0 radical (unpaired) electrons. The molecular weight excluding hydrogens is 253 g/mol. The Kier molecular flexibility index (Phi) is 3.88. The minimum Gasteiger partial charge on any atom is -0.375 e. The number of nitrogens with one attached hydrogen (secondary N) is 1. The first-order valence-corrected chi connectivity index (χ1v) is 6.21. The van der Waals surface area contributed by atoms with E-state index in [4.69, 9.17) is 5.73 Å². The van der Waals surface area contributed by atoms with Gasteiger partial charge in [0.25, 0.3) is 5.91 Å². The van der Waals surface area contributed by atoms with E-state index >= 15 is 0 Å². The van der Waals surface area contributed by atoms with Gasteiger partial charge in [-0.1, -0.05) is 23.5 Å². The molecule has 0 saturated heterocycles. The molecule has 1 aromatic carbocycles. The van der Waals surface area contributed by atoms with E-state index in [0.29, 0.717) is 23.0 Å². The van der Waals surface area contributed by atoms with Crippen LogP contribution in [0.3, 0.4) is 0 Å². The fourth-order valence-corrected chi connectivity index (χ4v) is 2.05. The lowest BCUT2D eigenvalue weighted by atomic mass is 10.1. The van der Waals surface area contributed by atoms with Crippen LogP contribution in [0.25, 0.3) is 0 Å². The topological polar surface area (TPSA) is 68.0 Å². The molecule has 0 aliphatic carbocycles. The van der Waals surface area contributed by atoms with Gasteiger partial charge in [-0.15, -0.1) is 0 Å². The van der Waals surface area contributed by atoms with Crippen LogP contribution in [0.5, 0.6) is 0 Å². The third kappa shape index (κ3) is 3.27. The van der Waals surface area contributed by atoms with Gasteiger partial charge in [0, 0.05) is 6.54 Å². The highest BCUT2D eigenvalue weighted by Gasteiger charge is 2.08. The number of hydrogen-bond acceptors (Lipinski definition) is 4. The molecule has 2 rings (SSSR count). The van der Waals surface area contributed by atoms with Gasteiger partial charge in [-0.3, -0.25) is 4.79 Å². The van der Waals surface area contributed by atoms with Gasteiger partial charge in [-0.2, -0.15) is 0 Å². The van der Waals surface area contributed by atoms with Crippen LogP contribution in [0, 0.1) is 5.82 Å². The van der Waals surface area contributed by atoms with Crippen LogP contribution in [0.4, 0.5) is 9.52 Å². The van der Waals surface area contributed by atoms with Crippen molar-refractivity contribution in [1.29, 1.82) is 0 Å². The Morgan fingerprint density at radius 2 is 2.11 bits per heavy atom. The van der Waals surface area contributed by atoms with E-state index in [2.05, 4.69) is 10.3 Å². The SMILES string of the molecule is Nc1ncc(C(=O)NCCc2ccc(F)cc2)s1. The molecule has 0 fully saturated rings. The molecule has 94 valence electrons. The number of aromatic nitrogens is 1. The maximum Gasteiger partial charge on any atom is 0.263 e. The first kappa shape index (κ1) is 12.5. The van der Waals surface area contributed by atoms with Crippen LogP contribution >= 0.6 is 11.3 Å². The molecule has 1 aromatic heterocycles. The van der Waals surface area contributed by atoms with Crippen molar-refractivity contribution in [2.24, 2.45) is 0 Å². The second-order valence-electron chi connectivity index (χ2n) is 3.70. The normalized spacial score (nSPS) is 10.3. The quantitative estimate of drug-likeness (QED) is 0.886. The number of hydrogen-bond donors (Lipinski definition) is 2. The molecule has 0 unspecified atom stereocenters. The van der Waals surface area contributed by atoms with E-state index < -0.39 is 0 Å². The molecular formula is C12H12FN3OS. The summed E-state index contributed by atoms with van der Waals surface area (Å²) in [5, 5.41) is 3.13. The molecule has 4 nitrogen and oxygen atoms in total. The van der Waals surface area contributed by atoms with Gasteiger partial charge in [0.1, 0.15) is 10.7 Å². The predicted octanol–water partition coefficient (Wildman–Crippen LogP) is 1.84. The fourth-order valence-electron chi connectivity index (χ4n) is 1.45. The molecule has 0 spiro atoms. The number of benzene rings is 1. The van der Waals surface area contributed by atoms with Crippen molar-refractivity contribution >= 4 is 22.4 Å². The second-order valence-corrected chi connectivity index (χ2v) is 4.76. The van der Waals surface area contributed by atoms with Gasteiger partial charge in [0.05, 0.1) is 6.20 Å². The maximum atomic E-state index is 12.7. The largest absolute Gasteiger partial charge is 0.375 e. The Bertz CT molecular complexity index is 539. The predicted molar refractivity (Wildman–Crippen MR) is 69.0 cm³/mol. The Balaban J connectivity index is 1.82. The van der Waals surface area contributed by atoms with Crippen molar-refractivity contribution in [1.82, 2.24) is 10.3 Å². The maximum absolute atomic E-state index is 12.7. The summed E-state index contributed by atoms with van der Waals surface area (Å²) in [5.41, 5.74) is 6.41. The van der Waals surface area contributed by atoms with E-state index in [-0.39, 0.29) is 11.7 Å². The third-order valence-corrected chi connectivity index (χ3v) is 3.19. The van der Waals surface area contributed by atoms with Gasteiger partial charge in [0.15, 0.2) is 5.13 Å². The molecule has 6 heteroatoms. The number of anilines is 1. The fraction of sp³-hybridized carbons (Fsp3) is 0.167. The number of halogens is 1. The number of nitrogen functional groups attached to an aromatic ring is 1.